The fraction of sp³-hybridized carbons (Fsp3) is 0.250. The number of aliphatic carboxylic acids is 2. The predicted octanol–water partition coefficient (Wildman–Crippen LogP) is 1.42. The summed E-state index contributed by atoms with van der Waals surface area (Å²) in [6, 6.07) is 3.33. The van der Waals surface area contributed by atoms with Crippen molar-refractivity contribution in [3.63, 3.8) is 0 Å². The van der Waals surface area contributed by atoms with E-state index in [1.165, 1.54) is 6.07 Å². The molecule has 0 spiro atoms. The molecule has 19 heavy (non-hydrogen) atoms. The van der Waals surface area contributed by atoms with Crippen LogP contribution in [0.2, 0.25) is 0 Å². The SMILES string of the molecule is Cc1ccc(C(=O)N[C@@H](CC(=O)O)C(=O)O)cc1Br. The Bertz CT molecular complexity index is 529. The van der Waals surface area contributed by atoms with Gasteiger partial charge in [0.2, 0.25) is 0 Å². The molecule has 3 N–H and O–H groups in total. The van der Waals surface area contributed by atoms with Crippen molar-refractivity contribution in [3.05, 3.63) is 33.8 Å². The van der Waals surface area contributed by atoms with E-state index < -0.39 is 30.3 Å². The van der Waals surface area contributed by atoms with E-state index >= 15 is 0 Å². The first kappa shape index (κ1) is 15.2. The number of aryl methyl sites for hydroxylation is 1. The second-order valence-electron chi connectivity index (χ2n) is 3.93. The molecule has 1 rings (SSSR count). The van der Waals surface area contributed by atoms with Crippen LogP contribution in [0.4, 0.5) is 0 Å². The topological polar surface area (TPSA) is 104 Å². The van der Waals surface area contributed by atoms with E-state index in [0.717, 1.165) is 5.56 Å². The van der Waals surface area contributed by atoms with Gasteiger partial charge in [0.15, 0.2) is 0 Å². The number of carbonyl (C=O) groups excluding carboxylic acids is 1. The Hall–Kier alpha value is -1.89. The zero-order valence-corrected chi connectivity index (χ0v) is 11.6. The van der Waals surface area contributed by atoms with Crippen LogP contribution >= 0.6 is 15.9 Å². The Labute approximate surface area is 117 Å². The van der Waals surface area contributed by atoms with E-state index in [9.17, 15) is 14.4 Å². The number of amides is 1. The molecule has 0 heterocycles. The molecular formula is C12H12BrNO5. The molecule has 0 fully saturated rings. The van der Waals surface area contributed by atoms with Gasteiger partial charge in [-0.25, -0.2) is 4.79 Å². The van der Waals surface area contributed by atoms with Crippen LogP contribution in [0.3, 0.4) is 0 Å². The van der Waals surface area contributed by atoms with E-state index in [4.69, 9.17) is 10.2 Å². The van der Waals surface area contributed by atoms with Crippen LogP contribution in [-0.4, -0.2) is 34.1 Å². The van der Waals surface area contributed by atoms with Crippen molar-refractivity contribution < 1.29 is 24.6 Å². The van der Waals surface area contributed by atoms with Gasteiger partial charge in [0.25, 0.3) is 5.91 Å². The van der Waals surface area contributed by atoms with Crippen LogP contribution in [0.5, 0.6) is 0 Å². The van der Waals surface area contributed by atoms with Crippen LogP contribution in [0.15, 0.2) is 22.7 Å². The lowest BCUT2D eigenvalue weighted by Gasteiger charge is -2.12. The van der Waals surface area contributed by atoms with Crippen LogP contribution < -0.4 is 5.32 Å². The normalized spacial score (nSPS) is 11.7. The third-order valence-electron chi connectivity index (χ3n) is 2.42. The number of hydrogen-bond acceptors (Lipinski definition) is 3. The first-order valence-electron chi connectivity index (χ1n) is 5.33. The van der Waals surface area contributed by atoms with Crippen molar-refractivity contribution in [2.24, 2.45) is 0 Å². The molecule has 0 bridgehead atoms. The molecule has 0 aliphatic carbocycles. The Morgan fingerprint density at radius 3 is 2.42 bits per heavy atom. The number of benzene rings is 1. The summed E-state index contributed by atoms with van der Waals surface area (Å²) in [7, 11) is 0. The van der Waals surface area contributed by atoms with Crippen LogP contribution in [-0.2, 0) is 9.59 Å². The molecule has 1 amide bonds. The summed E-state index contributed by atoms with van der Waals surface area (Å²) in [5.74, 6) is -3.31. The maximum atomic E-state index is 11.8. The summed E-state index contributed by atoms with van der Waals surface area (Å²) in [5, 5.41) is 19.6. The lowest BCUT2D eigenvalue weighted by atomic mass is 10.1. The molecule has 7 heteroatoms. The summed E-state index contributed by atoms with van der Waals surface area (Å²) in [5.41, 5.74) is 1.19. The zero-order valence-electron chi connectivity index (χ0n) is 10.0. The standard InChI is InChI=1S/C12H12BrNO5/c1-6-2-3-7(4-8(6)13)11(17)14-9(12(18)19)5-10(15)16/h2-4,9H,5H2,1H3,(H,14,17)(H,15,16)(H,18,19)/t9-/m0/s1. The number of nitrogens with one attached hydrogen (secondary N) is 1. The Kier molecular flexibility index (Phi) is 5.05. The largest absolute Gasteiger partial charge is 0.481 e. The molecule has 1 atom stereocenters. The van der Waals surface area contributed by atoms with Gasteiger partial charge in [0.05, 0.1) is 6.42 Å². The minimum absolute atomic E-state index is 0.258. The van der Waals surface area contributed by atoms with Gasteiger partial charge in [-0.3, -0.25) is 9.59 Å². The van der Waals surface area contributed by atoms with Crippen molar-refractivity contribution in [1.29, 1.82) is 0 Å². The third kappa shape index (κ3) is 4.36. The molecular weight excluding hydrogens is 318 g/mol. The van der Waals surface area contributed by atoms with Gasteiger partial charge in [-0.2, -0.15) is 0 Å². The number of carbonyl (C=O) groups is 3. The summed E-state index contributed by atoms with van der Waals surface area (Å²) in [6.07, 6.45) is -0.673. The third-order valence-corrected chi connectivity index (χ3v) is 3.27. The van der Waals surface area contributed by atoms with Gasteiger partial charge in [0, 0.05) is 10.0 Å². The van der Waals surface area contributed by atoms with Crippen molar-refractivity contribution in [3.8, 4) is 0 Å². The predicted molar refractivity (Wildman–Crippen MR) is 70.0 cm³/mol. The van der Waals surface area contributed by atoms with E-state index in [0.29, 0.717) is 4.47 Å². The monoisotopic (exact) mass is 329 g/mol. The van der Waals surface area contributed by atoms with E-state index in [2.05, 4.69) is 21.2 Å². The summed E-state index contributed by atoms with van der Waals surface area (Å²) < 4.78 is 0.713. The fourth-order valence-electron chi connectivity index (χ4n) is 1.35. The van der Waals surface area contributed by atoms with Crippen molar-refractivity contribution in [2.75, 3.05) is 0 Å². The molecule has 1 aromatic rings. The highest BCUT2D eigenvalue weighted by Crippen LogP contribution is 2.17. The van der Waals surface area contributed by atoms with Crippen molar-refractivity contribution in [2.45, 2.75) is 19.4 Å². The van der Waals surface area contributed by atoms with Crippen LogP contribution in [0.1, 0.15) is 22.3 Å². The maximum absolute atomic E-state index is 11.8. The highest BCUT2D eigenvalue weighted by Gasteiger charge is 2.23. The fourth-order valence-corrected chi connectivity index (χ4v) is 1.73. The minimum Gasteiger partial charge on any atom is -0.481 e. The highest BCUT2D eigenvalue weighted by molar-refractivity contribution is 9.10. The molecule has 0 aliphatic rings. The van der Waals surface area contributed by atoms with Gasteiger partial charge < -0.3 is 15.5 Å². The minimum atomic E-state index is -1.45. The average Bonchev–Trinajstić information content (AvgIpc) is 2.31. The lowest BCUT2D eigenvalue weighted by molar-refractivity contribution is -0.145. The zero-order chi connectivity index (χ0) is 14.6. The summed E-state index contributed by atoms with van der Waals surface area (Å²) in [4.78, 5) is 33.2. The Balaban J connectivity index is 2.84. The Morgan fingerprint density at radius 2 is 1.95 bits per heavy atom. The first-order chi connectivity index (χ1) is 8.81. The van der Waals surface area contributed by atoms with Gasteiger partial charge >= 0.3 is 11.9 Å². The molecule has 0 unspecified atom stereocenters. The number of hydrogen-bond donors (Lipinski definition) is 3. The number of carboxylic acids is 2. The molecule has 0 saturated carbocycles. The van der Waals surface area contributed by atoms with Crippen LogP contribution in [0, 0.1) is 6.92 Å². The van der Waals surface area contributed by atoms with E-state index in [1.54, 1.807) is 12.1 Å². The molecule has 6 nitrogen and oxygen atoms in total. The number of halogens is 1. The summed E-state index contributed by atoms with van der Waals surface area (Å²) in [6.45, 7) is 1.84. The number of carboxylic acid groups (broad SMARTS) is 2. The van der Waals surface area contributed by atoms with Crippen molar-refractivity contribution in [1.82, 2.24) is 5.32 Å². The van der Waals surface area contributed by atoms with Gasteiger partial charge in [-0.1, -0.05) is 22.0 Å². The molecule has 102 valence electrons. The van der Waals surface area contributed by atoms with Gasteiger partial charge in [-0.15, -0.1) is 0 Å². The first-order valence-corrected chi connectivity index (χ1v) is 6.12. The second-order valence-corrected chi connectivity index (χ2v) is 4.78. The lowest BCUT2D eigenvalue weighted by Crippen LogP contribution is -2.42. The molecule has 0 saturated heterocycles. The molecule has 0 radical (unpaired) electrons. The maximum Gasteiger partial charge on any atom is 0.326 e. The summed E-state index contributed by atoms with van der Waals surface area (Å²) >= 11 is 3.26. The second kappa shape index (κ2) is 6.33. The number of rotatable bonds is 5. The van der Waals surface area contributed by atoms with Crippen LogP contribution in [0.25, 0.3) is 0 Å². The quantitative estimate of drug-likeness (QED) is 0.757. The average molecular weight is 330 g/mol. The molecule has 0 aromatic heterocycles. The van der Waals surface area contributed by atoms with Gasteiger partial charge in [0.1, 0.15) is 6.04 Å². The smallest absolute Gasteiger partial charge is 0.326 e. The Morgan fingerprint density at radius 1 is 1.32 bits per heavy atom. The van der Waals surface area contributed by atoms with E-state index in [-0.39, 0.29) is 5.56 Å². The van der Waals surface area contributed by atoms with Gasteiger partial charge in [-0.05, 0) is 24.6 Å². The highest BCUT2D eigenvalue weighted by atomic mass is 79.9. The van der Waals surface area contributed by atoms with E-state index in [1.807, 2.05) is 6.92 Å². The van der Waals surface area contributed by atoms with Crippen molar-refractivity contribution >= 4 is 33.8 Å². The molecule has 0 aliphatic heterocycles. The molecule has 1 aromatic carbocycles.